The van der Waals surface area contributed by atoms with Crippen molar-refractivity contribution in [2.45, 2.75) is 51.1 Å². The number of hydrogen-bond acceptors (Lipinski definition) is 6. The van der Waals surface area contributed by atoms with E-state index in [0.29, 0.717) is 60.7 Å². The van der Waals surface area contributed by atoms with Crippen molar-refractivity contribution in [1.29, 1.82) is 0 Å². The number of nitrogens with one attached hydrogen (secondary N) is 1. The zero-order valence-corrected chi connectivity index (χ0v) is 18.9. The van der Waals surface area contributed by atoms with Gasteiger partial charge in [0.1, 0.15) is 5.65 Å². The van der Waals surface area contributed by atoms with Crippen LogP contribution < -0.4 is 10.9 Å². The molecule has 0 spiro atoms. The van der Waals surface area contributed by atoms with Gasteiger partial charge in [0.05, 0.1) is 11.8 Å². The fourth-order valence-electron chi connectivity index (χ4n) is 5.57. The van der Waals surface area contributed by atoms with Crippen molar-refractivity contribution in [2.75, 3.05) is 24.7 Å². The molecule has 0 amide bonds. The van der Waals surface area contributed by atoms with Crippen LogP contribution in [0.4, 0.5) is 14.7 Å². The molecule has 3 fully saturated rings. The number of halogens is 2. The molecular weight excluding hydrogens is 440 g/mol. The second-order valence-electron chi connectivity index (χ2n) is 9.44. The Labute approximate surface area is 185 Å². The van der Waals surface area contributed by atoms with Gasteiger partial charge < -0.3 is 5.32 Å². The number of alkyl halides is 2. The fourth-order valence-corrected chi connectivity index (χ4v) is 6.45. The van der Waals surface area contributed by atoms with E-state index in [2.05, 4.69) is 22.2 Å². The molecule has 0 aromatic carbocycles. The van der Waals surface area contributed by atoms with E-state index in [-0.39, 0.29) is 12.1 Å². The molecule has 1 saturated heterocycles. The maximum atomic E-state index is 13.6. The lowest BCUT2D eigenvalue weighted by Gasteiger charge is -2.30. The van der Waals surface area contributed by atoms with Gasteiger partial charge >= 0.3 is 0 Å². The molecule has 2 aliphatic carbocycles. The van der Waals surface area contributed by atoms with Gasteiger partial charge in [0.2, 0.25) is 16.0 Å². The Morgan fingerprint density at radius 1 is 1.19 bits per heavy atom. The summed E-state index contributed by atoms with van der Waals surface area (Å²) in [5.41, 5.74) is -0.800. The van der Waals surface area contributed by atoms with E-state index in [0.717, 1.165) is 12.8 Å². The maximum Gasteiger partial charge on any atom is 0.269 e. The van der Waals surface area contributed by atoms with Crippen LogP contribution in [0.25, 0.3) is 11.0 Å². The molecular formula is C21H27F2N5O3S. The predicted octanol–water partition coefficient (Wildman–Crippen LogP) is 2.78. The van der Waals surface area contributed by atoms with Crippen LogP contribution in [0.5, 0.6) is 0 Å². The Hall–Kier alpha value is -2.14. The van der Waals surface area contributed by atoms with Crippen molar-refractivity contribution < 1.29 is 17.2 Å². The van der Waals surface area contributed by atoms with Crippen LogP contribution >= 0.6 is 0 Å². The molecule has 0 bridgehead atoms. The highest BCUT2D eigenvalue weighted by Gasteiger charge is 2.54. The van der Waals surface area contributed by atoms with Crippen molar-refractivity contribution in [3.63, 3.8) is 0 Å². The summed E-state index contributed by atoms with van der Waals surface area (Å²) < 4.78 is 53.5. The molecule has 174 valence electrons. The average molecular weight is 468 g/mol. The molecule has 0 unspecified atom stereocenters. The van der Waals surface area contributed by atoms with Gasteiger partial charge in [0, 0.05) is 36.8 Å². The van der Waals surface area contributed by atoms with E-state index < -0.39 is 27.6 Å². The predicted molar refractivity (Wildman–Crippen MR) is 116 cm³/mol. The van der Waals surface area contributed by atoms with Gasteiger partial charge in [-0.15, -0.1) is 0 Å². The minimum absolute atomic E-state index is 0.00839. The smallest absolute Gasteiger partial charge is 0.269 e. The van der Waals surface area contributed by atoms with Crippen molar-refractivity contribution in [1.82, 2.24) is 18.8 Å². The van der Waals surface area contributed by atoms with Gasteiger partial charge in [-0.3, -0.25) is 9.36 Å². The number of aromatic nitrogens is 3. The highest BCUT2D eigenvalue weighted by atomic mass is 32.2. The molecule has 2 aromatic heterocycles. The summed E-state index contributed by atoms with van der Waals surface area (Å²) in [7, 11) is -3.21. The molecule has 8 nitrogen and oxygen atoms in total. The molecule has 3 heterocycles. The van der Waals surface area contributed by atoms with Crippen LogP contribution in [-0.4, -0.2) is 52.6 Å². The van der Waals surface area contributed by atoms with E-state index in [4.69, 9.17) is 0 Å². The molecule has 5 rings (SSSR count). The van der Waals surface area contributed by atoms with Gasteiger partial charge in [0.25, 0.3) is 12.0 Å². The Morgan fingerprint density at radius 2 is 1.84 bits per heavy atom. The third-order valence-electron chi connectivity index (χ3n) is 7.51. The van der Waals surface area contributed by atoms with Gasteiger partial charge in [0.15, 0.2) is 0 Å². The Balaban J connectivity index is 1.45. The number of pyridine rings is 1. The number of rotatable bonds is 5. The quantitative estimate of drug-likeness (QED) is 0.726. The molecule has 1 aliphatic heterocycles. The third kappa shape index (κ3) is 3.79. The second kappa shape index (κ2) is 7.72. The lowest BCUT2D eigenvalue weighted by atomic mass is 10.1. The molecule has 2 saturated carbocycles. The first kappa shape index (κ1) is 21.7. The fraction of sp³-hybridized carbons (Fsp3) is 0.667. The van der Waals surface area contributed by atoms with Crippen molar-refractivity contribution >= 4 is 27.0 Å². The molecule has 3 aliphatic rings. The normalized spacial score (nSPS) is 28.9. The van der Waals surface area contributed by atoms with Crippen LogP contribution in [0.2, 0.25) is 0 Å². The first-order valence-corrected chi connectivity index (χ1v) is 12.9. The second-order valence-corrected chi connectivity index (χ2v) is 11.4. The van der Waals surface area contributed by atoms with Crippen LogP contribution in [0.15, 0.2) is 17.1 Å². The summed E-state index contributed by atoms with van der Waals surface area (Å²) in [4.78, 5) is 21.8. The molecule has 0 radical (unpaired) electrons. The largest absolute Gasteiger partial charge is 0.351 e. The monoisotopic (exact) mass is 467 g/mol. The minimum Gasteiger partial charge on any atom is -0.351 e. The summed E-state index contributed by atoms with van der Waals surface area (Å²) in [6.45, 7) is 3.02. The number of fused-ring (bicyclic) bond motifs is 2. The summed E-state index contributed by atoms with van der Waals surface area (Å²) in [6.07, 6.45) is 2.66. The van der Waals surface area contributed by atoms with Gasteiger partial charge in [-0.25, -0.2) is 26.5 Å². The number of nitrogens with zero attached hydrogens (tertiary/aromatic N) is 4. The van der Waals surface area contributed by atoms with Gasteiger partial charge in [-0.1, -0.05) is 6.92 Å². The van der Waals surface area contributed by atoms with E-state index in [1.807, 2.05) is 0 Å². The van der Waals surface area contributed by atoms with Gasteiger partial charge in [-0.05, 0) is 49.5 Å². The van der Waals surface area contributed by atoms with E-state index in [1.54, 1.807) is 0 Å². The van der Waals surface area contributed by atoms with Gasteiger partial charge in [-0.2, -0.15) is 4.98 Å². The summed E-state index contributed by atoms with van der Waals surface area (Å²) in [6, 6.07) is 1.06. The van der Waals surface area contributed by atoms with E-state index in [9.17, 15) is 22.0 Å². The lowest BCUT2D eigenvalue weighted by Crippen LogP contribution is -2.42. The van der Waals surface area contributed by atoms with Crippen molar-refractivity contribution in [3.8, 4) is 0 Å². The van der Waals surface area contributed by atoms with E-state index >= 15 is 0 Å². The number of anilines is 1. The zero-order valence-electron chi connectivity index (χ0n) is 18.0. The standard InChI is InChI=1S/C21H27F2N5O3S/c1-11-15-8-14(9-16(11)15)28-19-12(7-17(18(22)23)20(28)29)10-24-21(26-19)25-13-3-5-27(6-4-13)32(2,30)31/h7,10-11,13-16,18H,3-6,8-9H2,1-2H3,(H,24,25,26)/t11-,14+,15+,16-. The van der Waals surface area contributed by atoms with E-state index in [1.165, 1.54) is 27.4 Å². The maximum absolute atomic E-state index is 13.6. The Morgan fingerprint density at radius 3 is 2.44 bits per heavy atom. The zero-order chi connectivity index (χ0) is 22.8. The minimum atomic E-state index is -3.21. The lowest BCUT2D eigenvalue weighted by molar-refractivity contribution is 0.149. The highest BCUT2D eigenvalue weighted by molar-refractivity contribution is 7.88. The van der Waals surface area contributed by atoms with Crippen molar-refractivity contribution in [2.24, 2.45) is 17.8 Å². The SMILES string of the molecule is C[C@H]1[C@H]2C[C@@H](n3c(=O)c(C(F)F)cc4cnc(NC5CCN(S(C)(=O)=O)CC5)nc43)C[C@@H]12. The first-order valence-electron chi connectivity index (χ1n) is 11.1. The third-order valence-corrected chi connectivity index (χ3v) is 8.81. The molecule has 1 N–H and O–H groups in total. The Bertz CT molecular complexity index is 1200. The summed E-state index contributed by atoms with van der Waals surface area (Å²) in [5.74, 6) is 2.06. The summed E-state index contributed by atoms with van der Waals surface area (Å²) >= 11 is 0. The Kier molecular flexibility index (Phi) is 5.23. The van der Waals surface area contributed by atoms with Crippen LogP contribution in [0, 0.1) is 17.8 Å². The molecule has 4 atom stereocenters. The number of piperidine rings is 1. The first-order chi connectivity index (χ1) is 15.1. The number of hydrogen-bond donors (Lipinski definition) is 1. The van der Waals surface area contributed by atoms with Crippen molar-refractivity contribution in [3.05, 3.63) is 28.2 Å². The van der Waals surface area contributed by atoms with Crippen LogP contribution in [0.1, 0.15) is 50.6 Å². The van der Waals surface area contributed by atoms with Crippen LogP contribution in [-0.2, 0) is 10.0 Å². The molecule has 2 aromatic rings. The number of sulfonamides is 1. The summed E-state index contributed by atoms with van der Waals surface area (Å²) in [5, 5.41) is 3.66. The molecule has 11 heteroatoms. The van der Waals surface area contributed by atoms with Crippen LogP contribution in [0.3, 0.4) is 0 Å². The average Bonchev–Trinajstić information content (AvgIpc) is 3.13. The molecule has 32 heavy (non-hydrogen) atoms. The topological polar surface area (TPSA) is 97.2 Å². The highest BCUT2D eigenvalue weighted by Crippen LogP contribution is 2.60.